The molecule has 2 amide bonds. The minimum atomic E-state index is -0.557. The molecule has 136 valence electrons. The van der Waals surface area contributed by atoms with E-state index < -0.39 is 6.10 Å². The van der Waals surface area contributed by atoms with Crippen molar-refractivity contribution in [2.45, 2.75) is 32.4 Å². The maximum atomic E-state index is 12.4. The third kappa shape index (κ3) is 3.99. The van der Waals surface area contributed by atoms with E-state index in [0.29, 0.717) is 23.0 Å². The number of hydrogen-bond donors (Lipinski definition) is 1. The highest BCUT2D eigenvalue weighted by Crippen LogP contribution is 2.33. The molecule has 6 heteroatoms. The fourth-order valence-electron chi connectivity index (χ4n) is 2.98. The zero-order chi connectivity index (χ0) is 18.7. The normalized spacial score (nSPS) is 17.3. The van der Waals surface area contributed by atoms with Crippen LogP contribution in [0.2, 0.25) is 5.02 Å². The molecule has 1 aliphatic heterocycles. The molecule has 1 N–H and O–H groups in total. The Balaban J connectivity index is 1.63. The fourth-order valence-corrected chi connectivity index (χ4v) is 3.17. The van der Waals surface area contributed by atoms with E-state index in [1.807, 2.05) is 49.4 Å². The van der Waals surface area contributed by atoms with Gasteiger partial charge in [-0.25, -0.2) is 0 Å². The summed E-state index contributed by atoms with van der Waals surface area (Å²) in [5, 5.41) is 3.58. The maximum absolute atomic E-state index is 12.4. The standard InChI is InChI=1S/C20H21ClN2O3/c1-13(15-6-5-7-16(21)12-15)22-19(24)10-11-23-17-8-3-4-9-18(17)26-14(2)20(23)25/h3-9,12-14H,10-11H2,1-2H3,(H,22,24). The number of carbonyl (C=O) groups is 2. The van der Waals surface area contributed by atoms with Gasteiger partial charge >= 0.3 is 0 Å². The van der Waals surface area contributed by atoms with E-state index in [4.69, 9.17) is 16.3 Å². The predicted octanol–water partition coefficient (Wildman–Crippen LogP) is 3.72. The Hall–Kier alpha value is -2.53. The minimum Gasteiger partial charge on any atom is -0.479 e. The number of anilines is 1. The highest BCUT2D eigenvalue weighted by molar-refractivity contribution is 6.30. The summed E-state index contributed by atoms with van der Waals surface area (Å²) in [7, 11) is 0. The molecule has 2 aromatic carbocycles. The molecule has 1 heterocycles. The summed E-state index contributed by atoms with van der Waals surface area (Å²) in [6.07, 6.45) is -0.351. The number of carbonyl (C=O) groups excluding carboxylic acids is 2. The van der Waals surface area contributed by atoms with E-state index >= 15 is 0 Å². The second kappa shape index (κ2) is 7.79. The Morgan fingerprint density at radius 1 is 1.27 bits per heavy atom. The number of nitrogens with zero attached hydrogens (tertiary/aromatic N) is 1. The molecule has 0 fully saturated rings. The molecule has 0 aromatic heterocycles. The fraction of sp³-hybridized carbons (Fsp3) is 0.300. The first-order valence-electron chi connectivity index (χ1n) is 8.57. The molecule has 1 aliphatic rings. The highest BCUT2D eigenvalue weighted by atomic mass is 35.5. The largest absolute Gasteiger partial charge is 0.479 e. The van der Waals surface area contributed by atoms with Gasteiger partial charge in [-0.15, -0.1) is 0 Å². The molecule has 0 aliphatic carbocycles. The van der Waals surface area contributed by atoms with Crippen molar-refractivity contribution in [1.82, 2.24) is 5.32 Å². The summed E-state index contributed by atoms with van der Waals surface area (Å²) < 4.78 is 5.61. The first-order valence-corrected chi connectivity index (χ1v) is 8.95. The van der Waals surface area contributed by atoms with Crippen molar-refractivity contribution in [3.05, 3.63) is 59.1 Å². The van der Waals surface area contributed by atoms with E-state index in [0.717, 1.165) is 5.56 Å². The third-order valence-corrected chi connectivity index (χ3v) is 4.60. The Labute approximate surface area is 157 Å². The summed E-state index contributed by atoms with van der Waals surface area (Å²) in [6, 6.07) is 14.6. The van der Waals surface area contributed by atoms with Gasteiger partial charge in [-0.2, -0.15) is 0 Å². The van der Waals surface area contributed by atoms with Crippen molar-refractivity contribution in [3.63, 3.8) is 0 Å². The second-order valence-corrected chi connectivity index (χ2v) is 6.75. The average Bonchev–Trinajstić information content (AvgIpc) is 2.62. The number of ether oxygens (including phenoxy) is 1. The summed E-state index contributed by atoms with van der Waals surface area (Å²) in [4.78, 5) is 26.4. The summed E-state index contributed by atoms with van der Waals surface area (Å²) in [5.74, 6) is 0.397. The molecular weight excluding hydrogens is 352 g/mol. The summed E-state index contributed by atoms with van der Waals surface area (Å²) >= 11 is 6.00. The van der Waals surface area contributed by atoms with Gasteiger partial charge in [-0.05, 0) is 43.7 Å². The van der Waals surface area contributed by atoms with Gasteiger partial charge in [0.15, 0.2) is 6.10 Å². The number of hydrogen-bond acceptors (Lipinski definition) is 3. The Bertz CT molecular complexity index is 824. The van der Waals surface area contributed by atoms with Crippen molar-refractivity contribution < 1.29 is 14.3 Å². The molecule has 26 heavy (non-hydrogen) atoms. The van der Waals surface area contributed by atoms with Crippen LogP contribution >= 0.6 is 11.6 Å². The van der Waals surface area contributed by atoms with Gasteiger partial charge in [0.1, 0.15) is 5.75 Å². The van der Waals surface area contributed by atoms with E-state index in [1.54, 1.807) is 17.9 Å². The van der Waals surface area contributed by atoms with Crippen LogP contribution in [0.25, 0.3) is 0 Å². The number of para-hydroxylation sites is 2. The van der Waals surface area contributed by atoms with Crippen molar-refractivity contribution in [1.29, 1.82) is 0 Å². The Morgan fingerprint density at radius 2 is 2.04 bits per heavy atom. The average molecular weight is 373 g/mol. The van der Waals surface area contributed by atoms with Gasteiger partial charge in [0.2, 0.25) is 5.91 Å². The van der Waals surface area contributed by atoms with Crippen LogP contribution < -0.4 is 15.0 Å². The van der Waals surface area contributed by atoms with E-state index in [1.165, 1.54) is 0 Å². The van der Waals surface area contributed by atoms with Crippen molar-refractivity contribution >= 4 is 29.1 Å². The molecule has 5 nitrogen and oxygen atoms in total. The zero-order valence-corrected chi connectivity index (χ0v) is 15.5. The van der Waals surface area contributed by atoms with Gasteiger partial charge < -0.3 is 15.0 Å². The number of benzene rings is 2. The Kier molecular flexibility index (Phi) is 5.47. The van der Waals surface area contributed by atoms with Crippen LogP contribution in [-0.2, 0) is 9.59 Å². The van der Waals surface area contributed by atoms with Crippen molar-refractivity contribution in [2.75, 3.05) is 11.4 Å². The second-order valence-electron chi connectivity index (χ2n) is 6.31. The van der Waals surface area contributed by atoms with Crippen LogP contribution in [0, 0.1) is 0 Å². The van der Waals surface area contributed by atoms with Crippen LogP contribution in [0.3, 0.4) is 0 Å². The first-order chi connectivity index (χ1) is 12.5. The van der Waals surface area contributed by atoms with Crippen molar-refractivity contribution in [2.24, 2.45) is 0 Å². The van der Waals surface area contributed by atoms with Crippen LogP contribution in [0.15, 0.2) is 48.5 Å². The monoisotopic (exact) mass is 372 g/mol. The molecule has 0 spiro atoms. The lowest BCUT2D eigenvalue weighted by Gasteiger charge is -2.32. The molecule has 2 atom stereocenters. The van der Waals surface area contributed by atoms with E-state index in [9.17, 15) is 9.59 Å². The van der Waals surface area contributed by atoms with Crippen LogP contribution in [-0.4, -0.2) is 24.5 Å². The smallest absolute Gasteiger partial charge is 0.267 e. The molecule has 2 aromatic rings. The van der Waals surface area contributed by atoms with Crippen LogP contribution in [0.5, 0.6) is 5.75 Å². The minimum absolute atomic E-state index is 0.123. The molecular formula is C20H21ClN2O3. The molecule has 0 bridgehead atoms. The van der Waals surface area contributed by atoms with E-state index in [-0.39, 0.29) is 24.3 Å². The summed E-state index contributed by atoms with van der Waals surface area (Å²) in [5.41, 5.74) is 1.64. The molecule has 0 saturated carbocycles. The molecule has 0 radical (unpaired) electrons. The maximum Gasteiger partial charge on any atom is 0.267 e. The molecule has 2 unspecified atom stereocenters. The molecule has 3 rings (SSSR count). The predicted molar refractivity (Wildman–Crippen MR) is 102 cm³/mol. The van der Waals surface area contributed by atoms with Gasteiger partial charge in [-0.1, -0.05) is 35.9 Å². The topological polar surface area (TPSA) is 58.6 Å². The Morgan fingerprint density at radius 3 is 2.81 bits per heavy atom. The lowest BCUT2D eigenvalue weighted by molar-refractivity contribution is -0.125. The quantitative estimate of drug-likeness (QED) is 0.870. The third-order valence-electron chi connectivity index (χ3n) is 4.36. The zero-order valence-electron chi connectivity index (χ0n) is 14.7. The number of halogens is 1. The van der Waals surface area contributed by atoms with Gasteiger partial charge in [-0.3, -0.25) is 9.59 Å². The number of nitrogens with one attached hydrogen (secondary N) is 1. The number of fused-ring (bicyclic) bond motifs is 1. The van der Waals surface area contributed by atoms with Crippen molar-refractivity contribution in [3.8, 4) is 5.75 Å². The lowest BCUT2D eigenvalue weighted by atomic mass is 10.1. The molecule has 0 saturated heterocycles. The lowest BCUT2D eigenvalue weighted by Crippen LogP contribution is -2.45. The van der Waals surface area contributed by atoms with Gasteiger partial charge in [0.25, 0.3) is 5.91 Å². The number of rotatable bonds is 5. The number of amides is 2. The van der Waals surface area contributed by atoms with Crippen LogP contribution in [0.1, 0.15) is 31.9 Å². The highest BCUT2D eigenvalue weighted by Gasteiger charge is 2.31. The van der Waals surface area contributed by atoms with E-state index in [2.05, 4.69) is 5.32 Å². The van der Waals surface area contributed by atoms with Crippen LogP contribution in [0.4, 0.5) is 5.69 Å². The van der Waals surface area contributed by atoms with Gasteiger partial charge in [0.05, 0.1) is 11.7 Å². The first kappa shape index (κ1) is 18.3. The SMILES string of the molecule is CC1Oc2ccccc2N(CCC(=O)NC(C)c2cccc(Cl)c2)C1=O. The summed E-state index contributed by atoms with van der Waals surface area (Å²) in [6.45, 7) is 3.92. The van der Waals surface area contributed by atoms with Gasteiger partial charge in [0, 0.05) is 18.0 Å².